The first kappa shape index (κ1) is 22.0. The molecular formula is C21H27FN4O3. The third kappa shape index (κ3) is 7.69. The molecule has 2 rings (SSSR count). The van der Waals surface area contributed by atoms with E-state index in [1.165, 1.54) is 12.1 Å². The van der Waals surface area contributed by atoms with Gasteiger partial charge in [0, 0.05) is 25.7 Å². The molecule has 29 heavy (non-hydrogen) atoms. The van der Waals surface area contributed by atoms with E-state index in [-0.39, 0.29) is 17.8 Å². The van der Waals surface area contributed by atoms with E-state index in [0.717, 1.165) is 0 Å². The van der Waals surface area contributed by atoms with Crippen molar-refractivity contribution in [3.05, 3.63) is 59.9 Å². The predicted molar refractivity (Wildman–Crippen MR) is 111 cm³/mol. The lowest BCUT2D eigenvalue weighted by Crippen LogP contribution is -2.44. The van der Waals surface area contributed by atoms with E-state index in [9.17, 15) is 9.18 Å². The van der Waals surface area contributed by atoms with Crippen LogP contribution in [0, 0.1) is 5.82 Å². The van der Waals surface area contributed by atoms with E-state index in [1.54, 1.807) is 50.6 Å². The maximum atomic E-state index is 12.9. The van der Waals surface area contributed by atoms with Gasteiger partial charge in [-0.1, -0.05) is 6.07 Å². The summed E-state index contributed by atoms with van der Waals surface area (Å²) in [7, 11) is 3.22. The number of hydrogen-bond acceptors (Lipinski definition) is 4. The van der Waals surface area contributed by atoms with Crippen molar-refractivity contribution in [2.75, 3.05) is 33.8 Å². The lowest BCUT2D eigenvalue weighted by atomic mass is 10.2. The number of methoxy groups -OCH3 is 1. The second kappa shape index (κ2) is 11.5. The highest BCUT2D eigenvalue weighted by Crippen LogP contribution is 2.13. The molecular weight excluding hydrogens is 375 g/mol. The van der Waals surface area contributed by atoms with Crippen molar-refractivity contribution in [1.29, 1.82) is 0 Å². The number of rotatable bonds is 9. The number of amides is 1. The van der Waals surface area contributed by atoms with E-state index >= 15 is 0 Å². The first-order valence-electron chi connectivity index (χ1n) is 9.31. The maximum absolute atomic E-state index is 12.9. The predicted octanol–water partition coefficient (Wildman–Crippen LogP) is 2.20. The van der Waals surface area contributed by atoms with Crippen LogP contribution >= 0.6 is 0 Å². The normalized spacial score (nSPS) is 12.1. The number of benzene rings is 2. The van der Waals surface area contributed by atoms with E-state index in [1.807, 2.05) is 6.92 Å². The molecule has 1 atom stereocenters. The van der Waals surface area contributed by atoms with Crippen LogP contribution in [-0.2, 0) is 0 Å². The highest BCUT2D eigenvalue weighted by molar-refractivity contribution is 5.94. The Hall–Kier alpha value is -3.29. The van der Waals surface area contributed by atoms with Crippen LogP contribution < -0.4 is 25.4 Å². The summed E-state index contributed by atoms with van der Waals surface area (Å²) in [6.07, 6.45) is -0.147. The Bertz CT molecular complexity index is 812. The van der Waals surface area contributed by atoms with E-state index in [4.69, 9.17) is 9.47 Å². The summed E-state index contributed by atoms with van der Waals surface area (Å²) in [5, 5.41) is 9.10. The van der Waals surface area contributed by atoms with Crippen molar-refractivity contribution in [2.45, 2.75) is 13.0 Å². The zero-order valence-corrected chi connectivity index (χ0v) is 16.9. The van der Waals surface area contributed by atoms with E-state index in [0.29, 0.717) is 42.7 Å². The molecule has 156 valence electrons. The summed E-state index contributed by atoms with van der Waals surface area (Å²) in [6.45, 7) is 3.34. The maximum Gasteiger partial charge on any atom is 0.251 e. The Labute approximate surface area is 170 Å². The zero-order valence-electron chi connectivity index (χ0n) is 16.9. The molecule has 0 radical (unpaired) electrons. The lowest BCUT2D eigenvalue weighted by molar-refractivity contribution is 0.0954. The topological polar surface area (TPSA) is 84.0 Å². The fourth-order valence-corrected chi connectivity index (χ4v) is 2.47. The van der Waals surface area contributed by atoms with Crippen LogP contribution in [0.2, 0.25) is 0 Å². The molecule has 0 heterocycles. The van der Waals surface area contributed by atoms with Crippen LogP contribution in [0.1, 0.15) is 17.3 Å². The van der Waals surface area contributed by atoms with Crippen LogP contribution in [0.4, 0.5) is 4.39 Å². The zero-order chi connectivity index (χ0) is 21.1. The van der Waals surface area contributed by atoms with Gasteiger partial charge in [-0.15, -0.1) is 0 Å². The van der Waals surface area contributed by atoms with Crippen LogP contribution in [0.3, 0.4) is 0 Å². The molecule has 0 aliphatic rings. The highest BCUT2D eigenvalue weighted by Gasteiger charge is 2.08. The van der Waals surface area contributed by atoms with Gasteiger partial charge in [-0.05, 0) is 49.4 Å². The molecule has 7 nitrogen and oxygen atoms in total. The molecule has 0 aromatic heterocycles. The Morgan fingerprint density at radius 3 is 2.48 bits per heavy atom. The van der Waals surface area contributed by atoms with Gasteiger partial charge in [-0.25, -0.2) is 4.39 Å². The Morgan fingerprint density at radius 2 is 1.79 bits per heavy atom. The summed E-state index contributed by atoms with van der Waals surface area (Å²) in [5.41, 5.74) is 0.540. The van der Waals surface area contributed by atoms with Gasteiger partial charge in [0.15, 0.2) is 5.96 Å². The number of guanidine groups is 1. The first-order chi connectivity index (χ1) is 14.0. The second-order valence-corrected chi connectivity index (χ2v) is 6.25. The molecule has 0 aliphatic heterocycles. The molecule has 0 bridgehead atoms. The quantitative estimate of drug-likeness (QED) is 0.340. The van der Waals surface area contributed by atoms with Gasteiger partial charge < -0.3 is 25.4 Å². The molecule has 0 aliphatic carbocycles. The van der Waals surface area contributed by atoms with Crippen LogP contribution in [0.5, 0.6) is 11.5 Å². The number of halogens is 1. The SMILES string of the molecule is CN=C(NCCNC(=O)c1cccc(OC)c1)NCC(C)Oc1ccc(F)cc1. The largest absolute Gasteiger partial charge is 0.497 e. The molecule has 2 aromatic rings. The van der Waals surface area contributed by atoms with Gasteiger partial charge >= 0.3 is 0 Å². The van der Waals surface area contributed by atoms with Crippen molar-refractivity contribution in [3.8, 4) is 11.5 Å². The Kier molecular flexibility index (Phi) is 8.75. The number of carbonyl (C=O) groups excluding carboxylic acids is 1. The first-order valence-corrected chi connectivity index (χ1v) is 9.31. The monoisotopic (exact) mass is 402 g/mol. The summed E-state index contributed by atoms with van der Waals surface area (Å²) in [4.78, 5) is 16.3. The summed E-state index contributed by atoms with van der Waals surface area (Å²) < 4.78 is 23.8. The van der Waals surface area contributed by atoms with Crippen molar-refractivity contribution in [1.82, 2.24) is 16.0 Å². The van der Waals surface area contributed by atoms with E-state index in [2.05, 4.69) is 20.9 Å². The number of nitrogens with one attached hydrogen (secondary N) is 3. The summed E-state index contributed by atoms with van der Waals surface area (Å²) in [6, 6.07) is 12.9. The van der Waals surface area contributed by atoms with E-state index < -0.39 is 0 Å². The minimum absolute atomic E-state index is 0.147. The van der Waals surface area contributed by atoms with Crippen molar-refractivity contribution >= 4 is 11.9 Å². The summed E-state index contributed by atoms with van der Waals surface area (Å²) >= 11 is 0. The highest BCUT2D eigenvalue weighted by atomic mass is 19.1. The Morgan fingerprint density at radius 1 is 1.07 bits per heavy atom. The molecule has 8 heteroatoms. The molecule has 2 aromatic carbocycles. The van der Waals surface area contributed by atoms with Gasteiger partial charge in [0.1, 0.15) is 23.4 Å². The minimum Gasteiger partial charge on any atom is -0.497 e. The number of aliphatic imine (C=N–C) groups is 1. The average molecular weight is 402 g/mol. The molecule has 0 fully saturated rings. The van der Waals surface area contributed by atoms with Gasteiger partial charge in [-0.2, -0.15) is 0 Å². The molecule has 1 unspecified atom stereocenters. The molecule has 0 saturated carbocycles. The Balaban J connectivity index is 1.67. The molecule has 1 amide bonds. The number of nitrogens with zero attached hydrogens (tertiary/aromatic N) is 1. The number of carbonyl (C=O) groups is 1. The summed E-state index contributed by atoms with van der Waals surface area (Å²) in [5.74, 6) is 1.36. The molecule has 0 spiro atoms. The third-order valence-corrected chi connectivity index (χ3v) is 3.97. The average Bonchev–Trinajstić information content (AvgIpc) is 2.74. The van der Waals surface area contributed by atoms with Gasteiger partial charge in [0.2, 0.25) is 0 Å². The lowest BCUT2D eigenvalue weighted by Gasteiger charge is -2.18. The fourth-order valence-electron chi connectivity index (χ4n) is 2.47. The standard InChI is InChI=1S/C21H27FN4O3/c1-15(29-18-9-7-17(22)8-10-18)14-26-21(23-2)25-12-11-24-20(27)16-5-4-6-19(13-16)28-3/h4-10,13,15H,11-12,14H2,1-3H3,(H,24,27)(H2,23,25,26). The van der Waals surface area contributed by atoms with Gasteiger partial charge in [-0.3, -0.25) is 9.79 Å². The smallest absolute Gasteiger partial charge is 0.251 e. The number of ether oxygens (including phenoxy) is 2. The fraction of sp³-hybridized carbons (Fsp3) is 0.333. The van der Waals surface area contributed by atoms with Crippen molar-refractivity contribution in [2.24, 2.45) is 4.99 Å². The van der Waals surface area contributed by atoms with Crippen molar-refractivity contribution < 1.29 is 18.7 Å². The molecule has 0 saturated heterocycles. The minimum atomic E-state index is -0.300. The van der Waals surface area contributed by atoms with Crippen LogP contribution in [0.25, 0.3) is 0 Å². The third-order valence-electron chi connectivity index (χ3n) is 3.97. The second-order valence-electron chi connectivity index (χ2n) is 6.25. The number of hydrogen-bond donors (Lipinski definition) is 3. The molecule has 3 N–H and O–H groups in total. The van der Waals surface area contributed by atoms with Gasteiger partial charge in [0.25, 0.3) is 5.91 Å². The van der Waals surface area contributed by atoms with Gasteiger partial charge in [0.05, 0.1) is 13.7 Å². The van der Waals surface area contributed by atoms with Crippen LogP contribution in [-0.4, -0.2) is 51.8 Å². The van der Waals surface area contributed by atoms with Crippen LogP contribution in [0.15, 0.2) is 53.5 Å². The van der Waals surface area contributed by atoms with Crippen molar-refractivity contribution in [3.63, 3.8) is 0 Å².